The fourth-order valence-corrected chi connectivity index (χ4v) is 2.06. The van der Waals surface area contributed by atoms with Crippen molar-refractivity contribution in [2.24, 2.45) is 0 Å². The van der Waals surface area contributed by atoms with Crippen LogP contribution < -0.4 is 11.1 Å². The van der Waals surface area contributed by atoms with Gasteiger partial charge in [-0.1, -0.05) is 30.3 Å². The lowest BCUT2D eigenvalue weighted by atomic mass is 10.1. The smallest absolute Gasteiger partial charge is 0.254 e. The van der Waals surface area contributed by atoms with E-state index in [0.29, 0.717) is 11.3 Å². The number of nitrogens with one attached hydrogen (secondary N) is 1. The van der Waals surface area contributed by atoms with Crippen molar-refractivity contribution in [3.05, 3.63) is 65.0 Å². The minimum Gasteiger partial charge on any atom is -0.399 e. The van der Waals surface area contributed by atoms with Crippen LogP contribution in [-0.4, -0.2) is 5.91 Å². The molecule has 4 heteroatoms. The topological polar surface area (TPSA) is 55.1 Å². The van der Waals surface area contributed by atoms with Crippen molar-refractivity contribution in [2.45, 2.75) is 19.9 Å². The summed E-state index contributed by atoms with van der Waals surface area (Å²) in [4.78, 5) is 12.1. The van der Waals surface area contributed by atoms with Crippen LogP contribution in [0.25, 0.3) is 0 Å². The maximum atomic E-state index is 14.0. The Bertz CT molecular complexity index is 626. The molecule has 0 fully saturated rings. The normalized spacial score (nSPS) is 11.9. The summed E-state index contributed by atoms with van der Waals surface area (Å²) in [6.07, 6.45) is 0. The predicted octanol–water partition coefficient (Wildman–Crippen LogP) is 3.21. The number of amides is 1. The Hall–Kier alpha value is -2.36. The minimum absolute atomic E-state index is 0.0229. The minimum atomic E-state index is -0.531. The fourth-order valence-electron chi connectivity index (χ4n) is 2.06. The van der Waals surface area contributed by atoms with Crippen molar-refractivity contribution < 1.29 is 9.18 Å². The lowest BCUT2D eigenvalue weighted by molar-refractivity contribution is 0.0935. The molecular formula is C16H17FN2O. The van der Waals surface area contributed by atoms with Gasteiger partial charge in [-0.25, -0.2) is 4.39 Å². The summed E-state index contributed by atoms with van der Waals surface area (Å²) >= 11 is 0. The number of carbonyl (C=O) groups is 1. The first-order chi connectivity index (χ1) is 9.49. The highest BCUT2D eigenvalue weighted by Gasteiger charge is 2.17. The van der Waals surface area contributed by atoms with Crippen LogP contribution in [0.3, 0.4) is 0 Å². The predicted molar refractivity (Wildman–Crippen MR) is 77.9 cm³/mol. The van der Waals surface area contributed by atoms with Gasteiger partial charge < -0.3 is 11.1 Å². The highest BCUT2D eigenvalue weighted by atomic mass is 19.1. The van der Waals surface area contributed by atoms with E-state index in [2.05, 4.69) is 5.32 Å². The molecule has 2 rings (SSSR count). The van der Waals surface area contributed by atoms with E-state index in [-0.39, 0.29) is 11.6 Å². The Morgan fingerprint density at radius 2 is 1.90 bits per heavy atom. The van der Waals surface area contributed by atoms with Gasteiger partial charge in [-0.2, -0.15) is 0 Å². The van der Waals surface area contributed by atoms with E-state index in [0.717, 1.165) is 5.56 Å². The fraction of sp³-hybridized carbons (Fsp3) is 0.188. The number of halogens is 1. The van der Waals surface area contributed by atoms with E-state index in [1.165, 1.54) is 12.1 Å². The molecule has 0 unspecified atom stereocenters. The molecule has 0 spiro atoms. The molecule has 0 bridgehead atoms. The first kappa shape index (κ1) is 14.1. The second kappa shape index (κ2) is 5.74. The molecule has 104 valence electrons. The zero-order valence-corrected chi connectivity index (χ0v) is 11.5. The molecule has 0 saturated heterocycles. The van der Waals surface area contributed by atoms with Crippen LogP contribution >= 0.6 is 0 Å². The van der Waals surface area contributed by atoms with Crippen molar-refractivity contribution in [1.82, 2.24) is 5.32 Å². The van der Waals surface area contributed by atoms with Crippen molar-refractivity contribution in [2.75, 3.05) is 5.73 Å². The number of benzene rings is 2. The van der Waals surface area contributed by atoms with Gasteiger partial charge in [0.05, 0.1) is 11.6 Å². The van der Waals surface area contributed by atoms with Crippen LogP contribution in [0.5, 0.6) is 0 Å². The van der Waals surface area contributed by atoms with E-state index in [1.54, 1.807) is 6.92 Å². The van der Waals surface area contributed by atoms with Crippen LogP contribution in [0.4, 0.5) is 10.1 Å². The number of hydrogen-bond donors (Lipinski definition) is 2. The van der Waals surface area contributed by atoms with E-state index >= 15 is 0 Å². The zero-order chi connectivity index (χ0) is 14.7. The van der Waals surface area contributed by atoms with Gasteiger partial charge in [0, 0.05) is 5.69 Å². The molecule has 0 saturated carbocycles. The molecular weight excluding hydrogens is 255 g/mol. The molecule has 0 aliphatic carbocycles. The molecule has 20 heavy (non-hydrogen) atoms. The second-order valence-electron chi connectivity index (χ2n) is 4.81. The molecule has 0 aromatic heterocycles. The van der Waals surface area contributed by atoms with E-state index < -0.39 is 11.7 Å². The number of rotatable bonds is 3. The molecule has 0 aliphatic rings. The van der Waals surface area contributed by atoms with Crippen LogP contribution in [-0.2, 0) is 0 Å². The van der Waals surface area contributed by atoms with Crippen molar-refractivity contribution in [3.8, 4) is 0 Å². The quantitative estimate of drug-likeness (QED) is 0.843. The van der Waals surface area contributed by atoms with Crippen LogP contribution in [0.15, 0.2) is 42.5 Å². The summed E-state index contributed by atoms with van der Waals surface area (Å²) in [7, 11) is 0. The first-order valence-electron chi connectivity index (χ1n) is 6.40. The molecule has 2 aromatic carbocycles. The summed E-state index contributed by atoms with van der Waals surface area (Å²) < 4.78 is 14.0. The Morgan fingerprint density at radius 3 is 2.55 bits per heavy atom. The number of carbonyl (C=O) groups excluding carboxylic acids is 1. The average molecular weight is 272 g/mol. The number of nitrogens with two attached hydrogens (primary N) is 1. The van der Waals surface area contributed by atoms with Crippen molar-refractivity contribution in [1.29, 1.82) is 0 Å². The van der Waals surface area contributed by atoms with Gasteiger partial charge in [-0.3, -0.25) is 4.79 Å². The Morgan fingerprint density at radius 1 is 1.25 bits per heavy atom. The number of hydrogen-bond acceptors (Lipinski definition) is 2. The van der Waals surface area contributed by atoms with Gasteiger partial charge >= 0.3 is 0 Å². The maximum Gasteiger partial charge on any atom is 0.254 e. The largest absolute Gasteiger partial charge is 0.399 e. The van der Waals surface area contributed by atoms with Gasteiger partial charge in [0.2, 0.25) is 0 Å². The molecule has 2 aromatic rings. The van der Waals surface area contributed by atoms with Crippen LogP contribution in [0.1, 0.15) is 34.5 Å². The van der Waals surface area contributed by atoms with E-state index in [9.17, 15) is 9.18 Å². The highest BCUT2D eigenvalue weighted by molar-refractivity contribution is 5.95. The molecule has 1 atom stereocenters. The third-order valence-corrected chi connectivity index (χ3v) is 3.17. The SMILES string of the molecule is Cc1cc(N)cc(C(=O)N[C@H](C)c2ccccc2)c1F. The van der Waals surface area contributed by atoms with E-state index in [4.69, 9.17) is 5.73 Å². The third-order valence-electron chi connectivity index (χ3n) is 3.17. The summed E-state index contributed by atoms with van der Waals surface area (Å²) in [6.45, 7) is 3.44. The summed E-state index contributed by atoms with van der Waals surface area (Å²) in [6, 6.07) is 12.2. The summed E-state index contributed by atoms with van der Waals surface area (Å²) in [5.74, 6) is -0.994. The van der Waals surface area contributed by atoms with Gasteiger partial charge in [-0.05, 0) is 37.1 Å². The molecule has 3 nitrogen and oxygen atoms in total. The van der Waals surface area contributed by atoms with Crippen LogP contribution in [0.2, 0.25) is 0 Å². The highest BCUT2D eigenvalue weighted by Crippen LogP contribution is 2.19. The van der Waals surface area contributed by atoms with Crippen LogP contribution in [0, 0.1) is 12.7 Å². The summed E-state index contributed by atoms with van der Waals surface area (Å²) in [5, 5.41) is 2.77. The molecule has 0 radical (unpaired) electrons. The van der Waals surface area contributed by atoms with Crippen molar-refractivity contribution in [3.63, 3.8) is 0 Å². The standard InChI is InChI=1S/C16H17FN2O/c1-10-8-13(18)9-14(15(10)17)16(20)19-11(2)12-6-4-3-5-7-12/h3-9,11H,18H2,1-2H3,(H,19,20)/t11-/m1/s1. The molecule has 1 amide bonds. The third kappa shape index (κ3) is 2.96. The second-order valence-corrected chi connectivity index (χ2v) is 4.81. The van der Waals surface area contributed by atoms with Gasteiger partial charge in [-0.15, -0.1) is 0 Å². The number of aryl methyl sites for hydroxylation is 1. The first-order valence-corrected chi connectivity index (χ1v) is 6.40. The number of nitrogen functional groups attached to an aromatic ring is 1. The van der Waals surface area contributed by atoms with E-state index in [1.807, 2.05) is 37.3 Å². The monoisotopic (exact) mass is 272 g/mol. The van der Waals surface area contributed by atoms with Crippen molar-refractivity contribution >= 4 is 11.6 Å². The Balaban J connectivity index is 2.21. The lowest BCUT2D eigenvalue weighted by Gasteiger charge is -2.15. The van der Waals surface area contributed by atoms with Gasteiger partial charge in [0.15, 0.2) is 0 Å². The average Bonchev–Trinajstić information content (AvgIpc) is 2.43. The summed E-state index contributed by atoms with van der Waals surface area (Å²) in [5.41, 5.74) is 7.34. The Kier molecular flexibility index (Phi) is 4.03. The maximum absolute atomic E-state index is 14.0. The van der Waals surface area contributed by atoms with Gasteiger partial charge in [0.1, 0.15) is 5.82 Å². The number of anilines is 1. The zero-order valence-electron chi connectivity index (χ0n) is 11.5. The lowest BCUT2D eigenvalue weighted by Crippen LogP contribution is -2.27. The Labute approximate surface area is 117 Å². The molecule has 0 heterocycles. The van der Waals surface area contributed by atoms with Gasteiger partial charge in [0.25, 0.3) is 5.91 Å². The molecule has 0 aliphatic heterocycles. The molecule has 3 N–H and O–H groups in total.